The number of rotatable bonds is 5. The van der Waals surface area contributed by atoms with E-state index in [4.69, 9.17) is 10.5 Å². The predicted octanol–water partition coefficient (Wildman–Crippen LogP) is -0.878. The molecule has 2 aliphatic rings. The van der Waals surface area contributed by atoms with Crippen molar-refractivity contribution in [3.8, 4) is 0 Å². The van der Waals surface area contributed by atoms with E-state index in [-0.39, 0.29) is 6.61 Å². The Bertz CT molecular complexity index is 659. The van der Waals surface area contributed by atoms with Gasteiger partial charge in [0.05, 0.1) is 6.61 Å². The molecule has 1 unspecified atom stereocenters. The van der Waals surface area contributed by atoms with Gasteiger partial charge in [0, 0.05) is 0 Å². The zero-order chi connectivity index (χ0) is 18.3. The van der Waals surface area contributed by atoms with E-state index in [0.29, 0.717) is 6.42 Å². The number of fused-ring (bicyclic) bond motifs is 1. The fraction of sp³-hybridized carbons (Fsp3) is 0.769. The van der Waals surface area contributed by atoms with Gasteiger partial charge in [-0.25, -0.2) is 18.0 Å². The number of sulfone groups is 1. The van der Waals surface area contributed by atoms with Gasteiger partial charge in [0.1, 0.15) is 16.8 Å². The van der Waals surface area contributed by atoms with Crippen molar-refractivity contribution in [1.82, 2.24) is 4.90 Å². The number of ether oxygens (including phenoxy) is 3. The number of β-lactam (4-membered cyclic amide) rings is 1. The number of nitrogens with two attached hydrogens (primary N) is 1. The lowest BCUT2D eigenvalue weighted by molar-refractivity contribution is -0.169. The van der Waals surface area contributed by atoms with E-state index in [2.05, 4.69) is 9.47 Å². The minimum atomic E-state index is -3.85. The second kappa shape index (κ2) is 6.20. The minimum Gasteiger partial charge on any atom is -0.434 e. The molecule has 2 N–H and O–H groups in total. The zero-order valence-electron chi connectivity index (χ0n) is 13.6. The predicted molar refractivity (Wildman–Crippen MR) is 79.1 cm³/mol. The first-order valence-electron chi connectivity index (χ1n) is 7.34. The topological polar surface area (TPSA) is 142 Å². The fourth-order valence-electron chi connectivity index (χ4n) is 2.77. The van der Waals surface area contributed by atoms with E-state index in [1.54, 1.807) is 6.92 Å². The van der Waals surface area contributed by atoms with Crippen LogP contribution in [0.4, 0.5) is 4.79 Å². The standard InChI is InChI=1S/C13H20N2O8S/c1-4-5-21-12(18)23-6-22-11(17)8-13(2,3)24(19,20)10-7(14)9(16)15(8)10/h7-8,10H,4-6,14H2,1-3H3/t7?,8-,10+/m0/s1. The molecule has 0 radical (unpaired) electrons. The van der Waals surface area contributed by atoms with Crippen molar-refractivity contribution >= 4 is 27.9 Å². The van der Waals surface area contributed by atoms with E-state index in [1.807, 2.05) is 0 Å². The SMILES string of the molecule is CCCOC(=O)OCOC(=O)[C@@H]1N2C(=O)C(N)[C@H]2S(=O)(=O)C1(C)C. The highest BCUT2D eigenvalue weighted by Gasteiger charge is 2.71. The van der Waals surface area contributed by atoms with Crippen molar-refractivity contribution in [2.45, 2.75) is 49.4 Å². The molecule has 0 aromatic heterocycles. The molecule has 2 fully saturated rings. The number of nitrogens with zero attached hydrogens (tertiary/aromatic N) is 1. The van der Waals surface area contributed by atoms with Crippen LogP contribution in [0.25, 0.3) is 0 Å². The van der Waals surface area contributed by atoms with E-state index < -0.39 is 56.9 Å². The van der Waals surface area contributed by atoms with Gasteiger partial charge in [-0.15, -0.1) is 0 Å². The van der Waals surface area contributed by atoms with Crippen molar-refractivity contribution in [2.24, 2.45) is 5.73 Å². The van der Waals surface area contributed by atoms with Crippen LogP contribution in [0, 0.1) is 0 Å². The van der Waals surface area contributed by atoms with Crippen molar-refractivity contribution in [1.29, 1.82) is 0 Å². The summed E-state index contributed by atoms with van der Waals surface area (Å²) in [5.41, 5.74) is 5.54. The summed E-state index contributed by atoms with van der Waals surface area (Å²) in [6.07, 6.45) is -0.412. The summed E-state index contributed by atoms with van der Waals surface area (Å²) in [5, 5.41) is -1.24. The number of carbonyl (C=O) groups excluding carboxylic acids is 3. The largest absolute Gasteiger partial charge is 0.511 e. The van der Waals surface area contributed by atoms with Gasteiger partial charge in [0.15, 0.2) is 15.2 Å². The van der Waals surface area contributed by atoms with Gasteiger partial charge >= 0.3 is 12.1 Å². The molecule has 0 aromatic rings. The molecule has 0 aromatic carbocycles. The highest BCUT2D eigenvalue weighted by atomic mass is 32.2. The minimum absolute atomic E-state index is 0.155. The van der Waals surface area contributed by atoms with Crippen LogP contribution in [0.3, 0.4) is 0 Å². The van der Waals surface area contributed by atoms with Gasteiger partial charge in [-0.05, 0) is 20.3 Å². The molecule has 0 aliphatic carbocycles. The summed E-state index contributed by atoms with van der Waals surface area (Å²) in [6, 6.07) is -2.54. The average molecular weight is 364 g/mol. The number of carbonyl (C=O) groups is 3. The Hall–Kier alpha value is -1.88. The first-order chi connectivity index (χ1) is 11.1. The van der Waals surface area contributed by atoms with Crippen LogP contribution in [0.1, 0.15) is 27.2 Å². The molecule has 10 nitrogen and oxygen atoms in total. The van der Waals surface area contributed by atoms with Crippen LogP contribution in [0.5, 0.6) is 0 Å². The molecule has 0 saturated carbocycles. The lowest BCUT2D eigenvalue weighted by atomic mass is 9.96. The smallest absolute Gasteiger partial charge is 0.434 e. The third kappa shape index (κ3) is 2.61. The molecule has 2 rings (SSSR count). The van der Waals surface area contributed by atoms with Crippen LogP contribution >= 0.6 is 0 Å². The van der Waals surface area contributed by atoms with Crippen molar-refractivity contribution in [3.63, 3.8) is 0 Å². The Morgan fingerprint density at radius 2 is 1.88 bits per heavy atom. The highest BCUT2D eigenvalue weighted by Crippen LogP contribution is 2.45. The van der Waals surface area contributed by atoms with Gasteiger partial charge in [0.2, 0.25) is 12.7 Å². The molecule has 2 saturated heterocycles. The van der Waals surface area contributed by atoms with Crippen LogP contribution in [0.2, 0.25) is 0 Å². The summed E-state index contributed by atoms with van der Waals surface area (Å²) < 4.78 is 37.3. The van der Waals surface area contributed by atoms with Crippen molar-refractivity contribution < 1.29 is 37.0 Å². The molecule has 24 heavy (non-hydrogen) atoms. The summed E-state index contributed by atoms with van der Waals surface area (Å²) in [7, 11) is -3.85. The van der Waals surface area contributed by atoms with Gasteiger partial charge in [0.25, 0.3) is 0 Å². The van der Waals surface area contributed by atoms with Gasteiger partial charge in [-0.1, -0.05) is 6.92 Å². The first-order valence-corrected chi connectivity index (χ1v) is 8.89. The second-order valence-corrected chi connectivity index (χ2v) is 8.66. The Kier molecular flexibility index (Phi) is 4.77. The summed E-state index contributed by atoms with van der Waals surface area (Å²) in [6.45, 7) is 3.85. The average Bonchev–Trinajstić information content (AvgIpc) is 2.65. The second-order valence-electron chi connectivity index (χ2n) is 6.04. The third-order valence-electron chi connectivity index (χ3n) is 4.13. The van der Waals surface area contributed by atoms with Crippen molar-refractivity contribution in [2.75, 3.05) is 13.4 Å². The van der Waals surface area contributed by atoms with Gasteiger partial charge in [-0.2, -0.15) is 0 Å². The molecular weight excluding hydrogens is 344 g/mol. The molecule has 3 atom stereocenters. The Morgan fingerprint density at radius 1 is 1.25 bits per heavy atom. The number of hydrogen-bond donors (Lipinski definition) is 1. The molecule has 2 aliphatic heterocycles. The first kappa shape index (κ1) is 18.5. The van der Waals surface area contributed by atoms with Crippen LogP contribution in [0.15, 0.2) is 0 Å². The summed E-state index contributed by atoms with van der Waals surface area (Å²) in [5.74, 6) is -1.63. The van der Waals surface area contributed by atoms with E-state index in [0.717, 1.165) is 4.90 Å². The van der Waals surface area contributed by atoms with Gasteiger partial charge < -0.3 is 24.8 Å². The van der Waals surface area contributed by atoms with Crippen LogP contribution < -0.4 is 5.73 Å². The monoisotopic (exact) mass is 364 g/mol. The van der Waals surface area contributed by atoms with E-state index in [1.165, 1.54) is 13.8 Å². The maximum absolute atomic E-state index is 12.5. The molecule has 11 heteroatoms. The Morgan fingerprint density at radius 3 is 2.46 bits per heavy atom. The summed E-state index contributed by atoms with van der Waals surface area (Å²) >= 11 is 0. The van der Waals surface area contributed by atoms with Crippen LogP contribution in [-0.4, -0.2) is 67.0 Å². The molecule has 1 amide bonds. The molecule has 2 heterocycles. The molecular formula is C13H20N2O8S. The Balaban J connectivity index is 2.04. The normalized spacial score (nSPS) is 29.4. The van der Waals surface area contributed by atoms with Crippen LogP contribution in [-0.2, 0) is 33.6 Å². The lowest BCUT2D eigenvalue weighted by Crippen LogP contribution is -2.70. The third-order valence-corrected chi connectivity index (χ3v) is 6.98. The maximum atomic E-state index is 12.5. The number of hydrogen-bond acceptors (Lipinski definition) is 9. The van der Waals surface area contributed by atoms with E-state index >= 15 is 0 Å². The molecule has 136 valence electrons. The fourth-order valence-corrected chi connectivity index (χ4v) is 4.94. The van der Waals surface area contributed by atoms with Crippen molar-refractivity contribution in [3.05, 3.63) is 0 Å². The summed E-state index contributed by atoms with van der Waals surface area (Å²) in [4.78, 5) is 36.1. The number of amides is 1. The quantitative estimate of drug-likeness (QED) is 0.374. The molecule has 0 bridgehead atoms. The zero-order valence-corrected chi connectivity index (χ0v) is 14.4. The van der Waals surface area contributed by atoms with E-state index in [9.17, 15) is 22.8 Å². The molecule has 0 spiro atoms. The Labute approximate surface area is 139 Å². The number of esters is 1. The van der Waals surface area contributed by atoms with Gasteiger partial charge in [-0.3, -0.25) is 4.79 Å². The lowest BCUT2D eigenvalue weighted by Gasteiger charge is -2.40. The maximum Gasteiger partial charge on any atom is 0.511 e. The highest BCUT2D eigenvalue weighted by molar-refractivity contribution is 7.94.